The van der Waals surface area contributed by atoms with Crippen molar-refractivity contribution in [3.8, 4) is 5.75 Å². The molecule has 24 heavy (non-hydrogen) atoms. The minimum atomic E-state index is 0. The summed E-state index contributed by atoms with van der Waals surface area (Å²) in [6.45, 7) is 2.05. The van der Waals surface area contributed by atoms with Gasteiger partial charge in [-0.25, -0.2) is 0 Å². The summed E-state index contributed by atoms with van der Waals surface area (Å²) in [5.74, 6) is 0.986. The van der Waals surface area contributed by atoms with Crippen LogP contribution in [0.5, 0.6) is 5.75 Å². The van der Waals surface area contributed by atoms with Gasteiger partial charge in [-0.3, -0.25) is 0 Å². The van der Waals surface area contributed by atoms with E-state index in [9.17, 15) is 0 Å². The van der Waals surface area contributed by atoms with Crippen molar-refractivity contribution in [2.75, 3.05) is 20.2 Å². The lowest BCUT2D eigenvalue weighted by Crippen LogP contribution is -2.37. The van der Waals surface area contributed by atoms with Crippen LogP contribution in [0.25, 0.3) is 0 Å². The van der Waals surface area contributed by atoms with E-state index in [-0.39, 0.29) is 12.4 Å². The van der Waals surface area contributed by atoms with Gasteiger partial charge in [-0.1, -0.05) is 48.9 Å². The van der Waals surface area contributed by atoms with Gasteiger partial charge in [0.15, 0.2) is 0 Å². The van der Waals surface area contributed by atoms with Crippen LogP contribution in [0.15, 0.2) is 54.6 Å². The monoisotopic (exact) mass is 345 g/mol. The average Bonchev–Trinajstić information content (AvgIpc) is 2.59. The molecule has 0 saturated carbocycles. The fourth-order valence-corrected chi connectivity index (χ4v) is 3.36. The summed E-state index contributed by atoms with van der Waals surface area (Å²) >= 11 is 0. The second kappa shape index (κ2) is 9.71. The fourth-order valence-electron chi connectivity index (χ4n) is 3.36. The number of hydrogen-bond acceptors (Lipinski definition) is 2. The molecule has 0 radical (unpaired) electrons. The molecule has 0 N–H and O–H groups in total. The van der Waals surface area contributed by atoms with E-state index in [1.807, 2.05) is 0 Å². The maximum Gasteiger partial charge on any atom is 0.119 e. The highest BCUT2D eigenvalue weighted by Gasteiger charge is 2.18. The molecule has 1 unspecified atom stereocenters. The standard InChI is InChI=1S/C21H27NO.ClH/c1-22-15-6-5-9-20(22)14-16-23-21-12-10-19(11-13-21)17-18-7-3-2-4-8-18;/h2-4,7-8,10-13,20H,5-6,9,14-17H2,1H3;1H. The minimum absolute atomic E-state index is 0. The van der Waals surface area contributed by atoms with Crippen LogP contribution in [0.2, 0.25) is 0 Å². The summed E-state index contributed by atoms with van der Waals surface area (Å²) in [6, 6.07) is 19.8. The first-order valence-corrected chi connectivity index (χ1v) is 8.77. The predicted octanol–water partition coefficient (Wildman–Crippen LogP) is 4.95. The van der Waals surface area contributed by atoms with Gasteiger partial charge in [0.05, 0.1) is 6.61 Å². The number of likely N-dealkylation sites (tertiary alicyclic amines) is 1. The molecule has 2 nitrogen and oxygen atoms in total. The number of rotatable bonds is 6. The highest BCUT2D eigenvalue weighted by Crippen LogP contribution is 2.19. The Bertz CT molecular complexity index is 585. The van der Waals surface area contributed by atoms with Crippen molar-refractivity contribution < 1.29 is 4.74 Å². The first-order chi connectivity index (χ1) is 11.3. The second-order valence-electron chi connectivity index (χ2n) is 6.57. The zero-order valence-electron chi connectivity index (χ0n) is 14.5. The van der Waals surface area contributed by atoms with Gasteiger partial charge in [0, 0.05) is 6.04 Å². The second-order valence-corrected chi connectivity index (χ2v) is 6.57. The maximum absolute atomic E-state index is 5.94. The van der Waals surface area contributed by atoms with Crippen LogP contribution >= 0.6 is 12.4 Å². The molecule has 130 valence electrons. The topological polar surface area (TPSA) is 12.5 Å². The average molecular weight is 346 g/mol. The summed E-state index contributed by atoms with van der Waals surface area (Å²) in [6.07, 6.45) is 6.13. The molecule has 1 heterocycles. The van der Waals surface area contributed by atoms with E-state index in [2.05, 4.69) is 66.5 Å². The summed E-state index contributed by atoms with van der Waals surface area (Å²) in [4.78, 5) is 2.48. The van der Waals surface area contributed by atoms with Gasteiger partial charge in [0.1, 0.15) is 5.75 Å². The lowest BCUT2D eigenvalue weighted by Gasteiger charge is -2.32. The van der Waals surface area contributed by atoms with Crippen molar-refractivity contribution >= 4 is 12.4 Å². The molecule has 0 bridgehead atoms. The van der Waals surface area contributed by atoms with Crippen LogP contribution in [0.3, 0.4) is 0 Å². The molecule has 0 aliphatic carbocycles. The molecule has 1 fully saturated rings. The van der Waals surface area contributed by atoms with E-state index in [1.54, 1.807) is 0 Å². The molecule has 1 saturated heterocycles. The molecule has 2 aromatic carbocycles. The van der Waals surface area contributed by atoms with E-state index in [4.69, 9.17) is 4.74 Å². The molecular weight excluding hydrogens is 318 g/mol. The van der Waals surface area contributed by atoms with Gasteiger partial charge in [-0.2, -0.15) is 0 Å². The summed E-state index contributed by atoms with van der Waals surface area (Å²) in [5, 5.41) is 0. The molecular formula is C21H28ClNO. The highest BCUT2D eigenvalue weighted by atomic mass is 35.5. The lowest BCUT2D eigenvalue weighted by atomic mass is 10.0. The Balaban J connectivity index is 0.00000208. The van der Waals surface area contributed by atoms with Crippen molar-refractivity contribution in [3.63, 3.8) is 0 Å². The van der Waals surface area contributed by atoms with Crippen LogP contribution in [0.4, 0.5) is 0 Å². The maximum atomic E-state index is 5.94. The lowest BCUT2D eigenvalue weighted by molar-refractivity contribution is 0.153. The van der Waals surface area contributed by atoms with E-state index >= 15 is 0 Å². The quantitative estimate of drug-likeness (QED) is 0.734. The highest BCUT2D eigenvalue weighted by molar-refractivity contribution is 5.85. The Kier molecular flexibility index (Phi) is 7.61. The fraction of sp³-hybridized carbons (Fsp3) is 0.429. The van der Waals surface area contributed by atoms with Gasteiger partial charge in [0.2, 0.25) is 0 Å². The van der Waals surface area contributed by atoms with Crippen molar-refractivity contribution in [1.29, 1.82) is 0 Å². The van der Waals surface area contributed by atoms with E-state index in [0.29, 0.717) is 6.04 Å². The molecule has 1 aliphatic rings. The number of hydrogen-bond donors (Lipinski definition) is 0. The molecule has 0 aromatic heterocycles. The largest absolute Gasteiger partial charge is 0.494 e. The van der Waals surface area contributed by atoms with Crippen LogP contribution < -0.4 is 4.74 Å². The third-order valence-corrected chi connectivity index (χ3v) is 4.82. The SMILES string of the molecule is CN1CCCCC1CCOc1ccc(Cc2ccccc2)cc1.Cl. The van der Waals surface area contributed by atoms with E-state index in [0.717, 1.165) is 25.2 Å². The molecule has 0 spiro atoms. The molecule has 1 atom stereocenters. The molecule has 0 amide bonds. The van der Waals surface area contributed by atoms with Crippen LogP contribution in [0, 0.1) is 0 Å². The predicted molar refractivity (Wildman–Crippen MR) is 103 cm³/mol. The molecule has 1 aliphatic heterocycles. The van der Waals surface area contributed by atoms with Gasteiger partial charge < -0.3 is 9.64 Å². The van der Waals surface area contributed by atoms with E-state index in [1.165, 1.54) is 36.9 Å². The number of nitrogens with zero attached hydrogens (tertiary/aromatic N) is 1. The van der Waals surface area contributed by atoms with Gasteiger partial charge in [0.25, 0.3) is 0 Å². The molecule has 3 heteroatoms. The number of ether oxygens (including phenoxy) is 1. The van der Waals surface area contributed by atoms with Gasteiger partial charge in [-0.05, 0) is 62.5 Å². The summed E-state index contributed by atoms with van der Waals surface area (Å²) in [7, 11) is 2.24. The Morgan fingerprint density at radius 1 is 0.958 bits per heavy atom. The van der Waals surface area contributed by atoms with Crippen LogP contribution in [-0.4, -0.2) is 31.1 Å². The number of piperidine rings is 1. The zero-order chi connectivity index (χ0) is 15.9. The van der Waals surface area contributed by atoms with Crippen molar-refractivity contribution in [1.82, 2.24) is 4.90 Å². The normalized spacial score (nSPS) is 18.0. The number of halogens is 1. The van der Waals surface area contributed by atoms with Crippen LogP contribution in [-0.2, 0) is 6.42 Å². The smallest absolute Gasteiger partial charge is 0.119 e. The van der Waals surface area contributed by atoms with E-state index < -0.39 is 0 Å². The van der Waals surface area contributed by atoms with Crippen LogP contribution in [0.1, 0.15) is 36.8 Å². The number of benzene rings is 2. The molecule has 2 aromatic rings. The van der Waals surface area contributed by atoms with Gasteiger partial charge in [-0.15, -0.1) is 12.4 Å². The third-order valence-electron chi connectivity index (χ3n) is 4.82. The first-order valence-electron chi connectivity index (χ1n) is 8.77. The Morgan fingerprint density at radius 3 is 2.38 bits per heavy atom. The van der Waals surface area contributed by atoms with Crippen molar-refractivity contribution in [2.24, 2.45) is 0 Å². The van der Waals surface area contributed by atoms with Crippen molar-refractivity contribution in [3.05, 3.63) is 65.7 Å². The first kappa shape index (κ1) is 18.8. The zero-order valence-corrected chi connectivity index (χ0v) is 15.3. The van der Waals surface area contributed by atoms with Gasteiger partial charge >= 0.3 is 0 Å². The Hall–Kier alpha value is -1.51. The minimum Gasteiger partial charge on any atom is -0.494 e. The molecule has 3 rings (SSSR count). The third kappa shape index (κ3) is 5.54. The van der Waals surface area contributed by atoms with Crippen molar-refractivity contribution in [2.45, 2.75) is 38.1 Å². The summed E-state index contributed by atoms with van der Waals surface area (Å²) in [5.41, 5.74) is 2.68. The summed E-state index contributed by atoms with van der Waals surface area (Å²) < 4.78 is 5.94. The Labute approximate surface area is 152 Å². The Morgan fingerprint density at radius 2 is 1.67 bits per heavy atom.